The van der Waals surface area contributed by atoms with Crippen molar-refractivity contribution in [3.8, 4) is 0 Å². The average Bonchev–Trinajstić information content (AvgIpc) is 2.06. The minimum atomic E-state index is -1.49. The molecule has 1 rings (SSSR count). The molecule has 0 radical (unpaired) electrons. The van der Waals surface area contributed by atoms with Crippen molar-refractivity contribution in [3.63, 3.8) is 0 Å². The Kier molecular flexibility index (Phi) is 2.71. The van der Waals surface area contributed by atoms with Gasteiger partial charge >= 0.3 is 0 Å². The molecular weight excluding hydrogens is 158 g/mol. The molecule has 0 aliphatic rings. The number of aliphatic imine (C=N–C) groups is 1. The topological polar surface area (TPSA) is 69.9 Å². The molecule has 0 spiro atoms. The first-order valence-electron chi connectivity index (χ1n) is 3.28. The van der Waals surface area contributed by atoms with E-state index in [1.807, 2.05) is 0 Å². The van der Waals surface area contributed by atoms with E-state index in [2.05, 4.69) is 4.99 Å². The van der Waals surface area contributed by atoms with Crippen LogP contribution in [-0.4, -0.2) is 16.3 Å². The Morgan fingerprint density at radius 2 is 1.83 bits per heavy atom. The van der Waals surface area contributed by atoms with Gasteiger partial charge in [-0.3, -0.25) is 0 Å². The third-order valence-electron chi connectivity index (χ3n) is 1.37. The summed E-state index contributed by atoms with van der Waals surface area (Å²) in [5.74, 6) is 0. The molecule has 0 atom stereocenters. The van der Waals surface area contributed by atoms with Gasteiger partial charge in [0.15, 0.2) is 6.29 Å². The van der Waals surface area contributed by atoms with Gasteiger partial charge in [0, 0.05) is 5.56 Å². The molecule has 12 heavy (non-hydrogen) atoms. The van der Waals surface area contributed by atoms with Crippen LogP contribution in [0.25, 0.3) is 0 Å². The quantitative estimate of drug-likeness (QED) is 0.383. The van der Waals surface area contributed by atoms with Crippen LogP contribution in [-0.2, 0) is 4.79 Å². The van der Waals surface area contributed by atoms with Gasteiger partial charge < -0.3 is 10.2 Å². The van der Waals surface area contributed by atoms with E-state index in [0.29, 0.717) is 11.3 Å². The number of hydrogen-bond donors (Lipinski definition) is 2. The van der Waals surface area contributed by atoms with Crippen LogP contribution in [0.1, 0.15) is 11.9 Å². The molecule has 2 N–H and O–H groups in total. The van der Waals surface area contributed by atoms with Crippen LogP contribution in [0.4, 0.5) is 5.69 Å². The van der Waals surface area contributed by atoms with E-state index < -0.39 is 6.29 Å². The van der Waals surface area contributed by atoms with E-state index in [9.17, 15) is 4.79 Å². The minimum Gasteiger partial charge on any atom is -0.364 e. The van der Waals surface area contributed by atoms with Gasteiger partial charge in [-0.15, -0.1) is 0 Å². The van der Waals surface area contributed by atoms with Crippen LogP contribution in [0.3, 0.4) is 0 Å². The summed E-state index contributed by atoms with van der Waals surface area (Å²) in [6, 6.07) is 5.95. The van der Waals surface area contributed by atoms with Crippen LogP contribution in [0.2, 0.25) is 0 Å². The summed E-state index contributed by atoms with van der Waals surface area (Å²) in [5, 5.41) is 17.4. The fourth-order valence-corrected chi connectivity index (χ4v) is 0.774. The zero-order valence-corrected chi connectivity index (χ0v) is 6.14. The fourth-order valence-electron chi connectivity index (χ4n) is 0.774. The number of rotatable bonds is 2. The van der Waals surface area contributed by atoms with E-state index in [1.165, 1.54) is 30.3 Å². The predicted octanol–water partition coefficient (Wildman–Crippen LogP) is 0.637. The zero-order valence-electron chi connectivity index (χ0n) is 6.14. The zero-order chi connectivity index (χ0) is 8.97. The second-order valence-electron chi connectivity index (χ2n) is 2.17. The maximum Gasteiger partial charge on any atom is 0.240 e. The number of nitrogens with zero attached hydrogens (tertiary/aromatic N) is 1. The van der Waals surface area contributed by atoms with Gasteiger partial charge in [-0.2, -0.15) is 4.99 Å². The second-order valence-corrected chi connectivity index (χ2v) is 2.17. The highest BCUT2D eigenvalue weighted by atomic mass is 16.5. The molecule has 0 heterocycles. The third kappa shape index (κ3) is 2.00. The molecule has 0 aromatic heterocycles. The summed E-state index contributed by atoms with van der Waals surface area (Å²) in [7, 11) is 0. The first-order valence-corrected chi connectivity index (χ1v) is 3.28. The lowest BCUT2D eigenvalue weighted by atomic mass is 10.2. The third-order valence-corrected chi connectivity index (χ3v) is 1.37. The maximum atomic E-state index is 9.80. The van der Waals surface area contributed by atoms with Gasteiger partial charge in [-0.05, 0) is 12.1 Å². The van der Waals surface area contributed by atoms with Crippen molar-refractivity contribution in [2.24, 2.45) is 4.99 Å². The molecule has 1 aromatic carbocycles. The van der Waals surface area contributed by atoms with Crippen molar-refractivity contribution >= 4 is 11.8 Å². The Labute approximate surface area is 68.8 Å². The molecule has 0 unspecified atom stereocenters. The molecule has 4 heteroatoms. The summed E-state index contributed by atoms with van der Waals surface area (Å²) >= 11 is 0. The van der Waals surface area contributed by atoms with Crippen molar-refractivity contribution in [1.82, 2.24) is 0 Å². The van der Waals surface area contributed by atoms with Gasteiger partial charge in [0.25, 0.3) is 0 Å². The number of hydrogen-bond acceptors (Lipinski definition) is 4. The molecule has 0 saturated carbocycles. The summed E-state index contributed by atoms with van der Waals surface area (Å²) < 4.78 is 0. The number of benzene rings is 1. The highest BCUT2D eigenvalue weighted by Gasteiger charge is 2.00. The highest BCUT2D eigenvalue weighted by molar-refractivity contribution is 5.49. The molecular formula is C8H7NO3. The van der Waals surface area contributed by atoms with Crippen LogP contribution in [0.15, 0.2) is 29.3 Å². The van der Waals surface area contributed by atoms with Gasteiger partial charge in [0.05, 0.1) is 5.69 Å². The molecule has 0 saturated heterocycles. The summed E-state index contributed by atoms with van der Waals surface area (Å²) in [6.07, 6.45) is -0.104. The van der Waals surface area contributed by atoms with Crippen LogP contribution in [0.5, 0.6) is 0 Å². The monoisotopic (exact) mass is 165 g/mol. The molecule has 0 fully saturated rings. The van der Waals surface area contributed by atoms with Gasteiger partial charge in [0.1, 0.15) is 0 Å². The van der Waals surface area contributed by atoms with E-state index in [-0.39, 0.29) is 0 Å². The Bertz CT molecular complexity index is 299. The Balaban J connectivity index is 2.92. The van der Waals surface area contributed by atoms with Crippen LogP contribution in [0, 0.1) is 0 Å². The number of aliphatic hydroxyl groups excluding tert-OH is 1. The SMILES string of the molecule is O=C=Nc1ccc(C(O)O)cc1. The van der Waals surface area contributed by atoms with Crippen molar-refractivity contribution in [1.29, 1.82) is 0 Å². The van der Waals surface area contributed by atoms with Crippen molar-refractivity contribution in [2.75, 3.05) is 0 Å². The van der Waals surface area contributed by atoms with E-state index in [1.54, 1.807) is 0 Å². The van der Waals surface area contributed by atoms with E-state index in [0.717, 1.165) is 0 Å². The van der Waals surface area contributed by atoms with Crippen LogP contribution < -0.4 is 0 Å². The summed E-state index contributed by atoms with van der Waals surface area (Å²) in [5.41, 5.74) is 0.800. The Hall–Kier alpha value is -1.48. The lowest BCUT2D eigenvalue weighted by Gasteiger charge is -2.01. The highest BCUT2D eigenvalue weighted by Crippen LogP contribution is 2.15. The first-order chi connectivity index (χ1) is 5.74. The number of isocyanates is 1. The normalized spacial score (nSPS) is 9.58. The van der Waals surface area contributed by atoms with Gasteiger partial charge in [-0.25, -0.2) is 4.79 Å². The maximum absolute atomic E-state index is 9.80. The van der Waals surface area contributed by atoms with Crippen molar-refractivity contribution in [3.05, 3.63) is 29.8 Å². The molecule has 1 aromatic rings. The van der Waals surface area contributed by atoms with Gasteiger partial charge in [-0.1, -0.05) is 12.1 Å². The Morgan fingerprint density at radius 3 is 2.25 bits per heavy atom. The Morgan fingerprint density at radius 1 is 1.25 bits per heavy atom. The van der Waals surface area contributed by atoms with Crippen molar-refractivity contribution in [2.45, 2.75) is 6.29 Å². The smallest absolute Gasteiger partial charge is 0.240 e. The molecule has 0 bridgehead atoms. The largest absolute Gasteiger partial charge is 0.364 e. The first kappa shape index (κ1) is 8.62. The van der Waals surface area contributed by atoms with Gasteiger partial charge in [0.2, 0.25) is 6.08 Å². The molecule has 0 aliphatic heterocycles. The number of carbonyl (C=O) groups excluding carboxylic acids is 1. The fraction of sp³-hybridized carbons (Fsp3) is 0.125. The summed E-state index contributed by atoms with van der Waals surface area (Å²) in [4.78, 5) is 13.1. The molecule has 62 valence electrons. The standard InChI is InChI=1S/C8H7NO3/c10-5-9-7-3-1-6(2-4-7)8(11)12/h1-4,8,11-12H. The molecule has 0 amide bonds. The minimum absolute atomic E-state index is 0.361. The second kappa shape index (κ2) is 3.78. The summed E-state index contributed by atoms with van der Waals surface area (Å²) in [6.45, 7) is 0. The van der Waals surface area contributed by atoms with E-state index in [4.69, 9.17) is 10.2 Å². The average molecular weight is 165 g/mol. The molecule has 0 aliphatic carbocycles. The number of aliphatic hydroxyl groups is 2. The lowest BCUT2D eigenvalue weighted by Crippen LogP contribution is -1.92. The predicted molar refractivity (Wildman–Crippen MR) is 41.4 cm³/mol. The molecule has 4 nitrogen and oxygen atoms in total. The van der Waals surface area contributed by atoms with Crippen molar-refractivity contribution < 1.29 is 15.0 Å². The van der Waals surface area contributed by atoms with Crippen LogP contribution >= 0.6 is 0 Å². The van der Waals surface area contributed by atoms with E-state index >= 15 is 0 Å². The lowest BCUT2D eigenvalue weighted by molar-refractivity contribution is -0.0424.